The van der Waals surface area contributed by atoms with Crippen molar-refractivity contribution in [3.63, 3.8) is 0 Å². The first-order chi connectivity index (χ1) is 27.5. The summed E-state index contributed by atoms with van der Waals surface area (Å²) < 4.78 is 40.1. The van der Waals surface area contributed by atoms with Crippen LogP contribution in [0, 0.1) is 23.2 Å². The number of amides is 4. The summed E-state index contributed by atoms with van der Waals surface area (Å²) >= 11 is 0. The quantitative estimate of drug-likeness (QED) is 0.220. The van der Waals surface area contributed by atoms with Gasteiger partial charge in [0, 0.05) is 54.9 Å². The van der Waals surface area contributed by atoms with Crippen molar-refractivity contribution in [3.8, 4) is 22.8 Å². The van der Waals surface area contributed by atoms with Gasteiger partial charge in [-0.2, -0.15) is 0 Å². The molecule has 7 rings (SSSR count). The topological polar surface area (TPSA) is 164 Å². The Morgan fingerprint density at radius 3 is 2.43 bits per heavy atom. The van der Waals surface area contributed by atoms with Gasteiger partial charge in [-0.05, 0) is 55.6 Å². The predicted octanol–water partition coefficient (Wildman–Crippen LogP) is 5.24. The molecule has 58 heavy (non-hydrogen) atoms. The van der Waals surface area contributed by atoms with E-state index in [4.69, 9.17) is 14.5 Å². The van der Waals surface area contributed by atoms with Crippen molar-refractivity contribution in [1.82, 2.24) is 24.8 Å². The van der Waals surface area contributed by atoms with Crippen molar-refractivity contribution in [1.29, 1.82) is 0 Å². The molecule has 1 aromatic heterocycles. The lowest BCUT2D eigenvalue weighted by Crippen LogP contribution is -2.57. The van der Waals surface area contributed by atoms with Crippen molar-refractivity contribution in [3.05, 3.63) is 67.3 Å². The lowest BCUT2D eigenvalue weighted by atomic mass is 9.77. The molecule has 6 atom stereocenters. The van der Waals surface area contributed by atoms with Gasteiger partial charge in [0.2, 0.25) is 27.7 Å². The Labute approximate surface area is 341 Å². The summed E-state index contributed by atoms with van der Waals surface area (Å²) in [5, 5.41) is 2.95. The number of rotatable bonds is 13. The summed E-state index contributed by atoms with van der Waals surface area (Å²) in [6, 6.07) is 15.9. The number of ether oxygens (including phenoxy) is 2. The van der Waals surface area contributed by atoms with E-state index >= 15 is 0 Å². The van der Waals surface area contributed by atoms with Gasteiger partial charge in [-0.25, -0.2) is 13.4 Å². The molecule has 3 unspecified atom stereocenters. The van der Waals surface area contributed by atoms with Crippen LogP contribution < -0.4 is 19.5 Å². The van der Waals surface area contributed by atoms with Crippen molar-refractivity contribution >= 4 is 44.6 Å². The molecular formula is C44H55N5O8S. The highest BCUT2D eigenvalue weighted by Gasteiger charge is 2.62. The first-order valence-electron chi connectivity index (χ1n) is 20.3. The molecule has 4 fully saturated rings. The number of benzene rings is 2. The number of methoxy groups -OCH3 is 1. The lowest BCUT2D eigenvalue weighted by Gasteiger charge is -2.37. The number of nitrogens with one attached hydrogen (secondary N) is 2. The van der Waals surface area contributed by atoms with E-state index in [1.165, 1.54) is 11.0 Å². The van der Waals surface area contributed by atoms with Crippen LogP contribution in [0.2, 0.25) is 0 Å². The van der Waals surface area contributed by atoms with Gasteiger partial charge in [0.05, 0.1) is 36.0 Å². The van der Waals surface area contributed by atoms with Crippen LogP contribution in [-0.2, 0) is 29.2 Å². The molecule has 3 heterocycles. The van der Waals surface area contributed by atoms with Crippen LogP contribution in [0.5, 0.6) is 11.5 Å². The van der Waals surface area contributed by atoms with Crippen molar-refractivity contribution in [2.45, 2.75) is 95.6 Å². The van der Waals surface area contributed by atoms with Gasteiger partial charge >= 0.3 is 0 Å². The standard InChI is InChI=1S/C44H55N5O8S/c1-7-29-24-44(29,42(53)47-58(54,55)32-16-17-32)46-40(51)37-21-31(26-49(37)41(52)34(43(3,4)5)22-39(50)48-19-11-12-27(2)25-48)57-38-23-35(28-13-9-8-10-14-28)45-36-20-30(56-6)15-18-33(36)38/h7-10,13-15,18,20,23,27,29,31-32,34,37H,1,11-12,16-17,19,21-22,24-26H2,2-6H3,(H,46,51)(H,47,53)/t27?,29?,31-,34-,37+,44?/m1/s1. The van der Waals surface area contributed by atoms with Crippen LogP contribution in [0.25, 0.3) is 22.2 Å². The summed E-state index contributed by atoms with van der Waals surface area (Å²) in [6.07, 6.45) is 3.95. The Morgan fingerprint density at radius 2 is 1.79 bits per heavy atom. The van der Waals surface area contributed by atoms with Crippen molar-refractivity contribution < 1.29 is 37.1 Å². The number of piperidine rings is 1. The van der Waals surface area contributed by atoms with Gasteiger partial charge in [0.1, 0.15) is 29.2 Å². The van der Waals surface area contributed by atoms with Crippen LogP contribution in [-0.4, -0.2) is 96.5 Å². The molecule has 2 saturated carbocycles. The lowest BCUT2D eigenvalue weighted by molar-refractivity contribution is -0.149. The molecule has 14 heteroatoms. The zero-order chi connectivity index (χ0) is 41.6. The molecule has 4 amide bonds. The van der Waals surface area contributed by atoms with E-state index in [0.29, 0.717) is 59.9 Å². The van der Waals surface area contributed by atoms with E-state index in [9.17, 15) is 27.6 Å². The number of likely N-dealkylation sites (tertiary alicyclic amines) is 2. The zero-order valence-electron chi connectivity index (χ0n) is 34.0. The second-order valence-electron chi connectivity index (χ2n) is 17.6. The largest absolute Gasteiger partial charge is 0.497 e. The fraction of sp³-hybridized carbons (Fsp3) is 0.523. The van der Waals surface area contributed by atoms with Crippen molar-refractivity contribution in [2.24, 2.45) is 23.2 Å². The normalized spacial score (nSPS) is 25.1. The maximum atomic E-state index is 14.9. The molecule has 0 radical (unpaired) electrons. The summed E-state index contributed by atoms with van der Waals surface area (Å²) in [5.74, 6) is -1.68. The van der Waals surface area contributed by atoms with Gasteiger partial charge in [0.15, 0.2) is 0 Å². The number of carbonyl (C=O) groups excluding carboxylic acids is 4. The van der Waals surface area contributed by atoms with Crippen LogP contribution in [0.1, 0.15) is 72.6 Å². The zero-order valence-corrected chi connectivity index (χ0v) is 34.8. The molecule has 0 bridgehead atoms. The fourth-order valence-electron chi connectivity index (χ4n) is 8.41. The summed E-state index contributed by atoms with van der Waals surface area (Å²) in [5.41, 5.74) is -0.0292. The third-order valence-electron chi connectivity index (χ3n) is 12.2. The highest BCUT2D eigenvalue weighted by atomic mass is 32.2. The SMILES string of the molecule is C=CC1CC1(NC(=O)[C@@H]1C[C@@H](Oc2cc(-c3ccccc3)nc3cc(OC)ccc23)CN1C(=O)[C@@H](CC(=O)N1CCCC(C)C1)C(C)(C)C)C(=O)NS(=O)(=O)C1CC1. The molecule has 2 aliphatic heterocycles. The van der Waals surface area contributed by atoms with Gasteiger partial charge in [0.25, 0.3) is 5.91 Å². The van der Waals surface area contributed by atoms with Crippen molar-refractivity contribution in [2.75, 3.05) is 26.7 Å². The molecule has 4 aliphatic rings. The van der Waals surface area contributed by atoms with Gasteiger partial charge in [-0.1, -0.05) is 64.1 Å². The number of sulfonamides is 1. The van der Waals surface area contributed by atoms with Gasteiger partial charge in [-0.3, -0.25) is 23.9 Å². The summed E-state index contributed by atoms with van der Waals surface area (Å²) in [4.78, 5) is 65.2. The molecule has 2 aromatic carbocycles. The third-order valence-corrected chi connectivity index (χ3v) is 14.0. The number of hydrogen-bond acceptors (Lipinski definition) is 9. The van der Waals surface area contributed by atoms with E-state index in [0.717, 1.165) is 18.4 Å². The number of fused-ring (bicyclic) bond motifs is 1. The summed E-state index contributed by atoms with van der Waals surface area (Å²) in [6.45, 7) is 13.0. The van der Waals surface area contributed by atoms with Crippen LogP contribution in [0.4, 0.5) is 0 Å². The number of carbonyl (C=O) groups is 4. The number of hydrogen-bond donors (Lipinski definition) is 2. The van der Waals surface area contributed by atoms with Gasteiger partial charge in [-0.15, -0.1) is 6.58 Å². The van der Waals surface area contributed by atoms with E-state index in [2.05, 4.69) is 23.5 Å². The molecule has 0 spiro atoms. The molecule has 2 aliphatic carbocycles. The van der Waals surface area contributed by atoms with Crippen LogP contribution in [0.3, 0.4) is 0 Å². The maximum absolute atomic E-state index is 14.9. The van der Waals surface area contributed by atoms with Crippen LogP contribution in [0.15, 0.2) is 67.3 Å². The minimum atomic E-state index is -3.90. The number of nitrogens with zero attached hydrogens (tertiary/aromatic N) is 3. The average molecular weight is 814 g/mol. The Bertz CT molecular complexity index is 2200. The maximum Gasteiger partial charge on any atom is 0.259 e. The summed E-state index contributed by atoms with van der Waals surface area (Å²) in [7, 11) is -2.32. The molecule has 2 saturated heterocycles. The minimum absolute atomic E-state index is 0.0212. The average Bonchev–Trinajstić information content (AvgIpc) is 4.13. The second kappa shape index (κ2) is 16.0. The molecule has 13 nitrogen and oxygen atoms in total. The van der Waals surface area contributed by atoms with E-state index in [-0.39, 0.29) is 37.6 Å². The highest BCUT2D eigenvalue weighted by Crippen LogP contribution is 2.46. The molecule has 3 aromatic rings. The monoisotopic (exact) mass is 813 g/mol. The second-order valence-corrected chi connectivity index (χ2v) is 19.6. The third kappa shape index (κ3) is 8.57. The highest BCUT2D eigenvalue weighted by molar-refractivity contribution is 7.91. The molecule has 2 N–H and O–H groups in total. The smallest absolute Gasteiger partial charge is 0.259 e. The Balaban J connectivity index is 1.21. The van der Waals surface area contributed by atoms with Gasteiger partial charge < -0.3 is 24.6 Å². The fourth-order valence-corrected chi connectivity index (χ4v) is 9.78. The van der Waals surface area contributed by atoms with Crippen LogP contribution >= 0.6 is 0 Å². The Morgan fingerprint density at radius 1 is 1.05 bits per heavy atom. The number of pyridine rings is 1. The first-order valence-corrected chi connectivity index (χ1v) is 21.9. The van der Waals surface area contributed by atoms with E-state index in [1.807, 2.05) is 80.3 Å². The Kier molecular flexibility index (Phi) is 11.4. The van der Waals surface area contributed by atoms with E-state index in [1.54, 1.807) is 7.11 Å². The first kappa shape index (κ1) is 41.2. The Hall–Kier alpha value is -4.98. The number of aromatic nitrogens is 1. The minimum Gasteiger partial charge on any atom is -0.497 e. The molecular weight excluding hydrogens is 759 g/mol. The molecule has 310 valence electrons. The predicted molar refractivity (Wildman–Crippen MR) is 220 cm³/mol. The van der Waals surface area contributed by atoms with E-state index < -0.39 is 62.0 Å².